The van der Waals surface area contributed by atoms with Crippen LogP contribution in [-0.2, 0) is 14.3 Å². The summed E-state index contributed by atoms with van der Waals surface area (Å²) in [5, 5.41) is 0. The average molecular weight is 268 g/mol. The number of rotatable bonds is 0. The molecule has 1 heterocycles. The molecule has 0 aromatic rings. The van der Waals surface area contributed by atoms with Crippen LogP contribution in [0.2, 0.25) is 0 Å². The monoisotopic (exact) mass is 268 g/mol. The Balaban J connectivity index is 1.94. The maximum atomic E-state index is 13.3. The van der Waals surface area contributed by atoms with Crippen LogP contribution in [0.15, 0.2) is 0 Å². The average Bonchev–Trinajstić information content (AvgIpc) is 2.73. The lowest BCUT2D eigenvalue weighted by atomic mass is 9.63. The second kappa shape index (κ2) is 2.27. The normalized spacial score (nSPS) is 61.6. The molecule has 96 valence electrons. The van der Waals surface area contributed by atoms with Crippen LogP contribution in [0.25, 0.3) is 0 Å². The van der Waals surface area contributed by atoms with Crippen LogP contribution in [-0.4, -0.2) is 25.9 Å². The smallest absolute Gasteiger partial charge is 0.269 e. The van der Waals surface area contributed by atoms with Crippen molar-refractivity contribution in [2.45, 2.75) is 24.3 Å². The number of hydrogen-bond donors (Lipinski definition) is 0. The molecule has 6 unspecified atom stereocenters. The Hall–Kier alpha value is -0.300. The van der Waals surface area contributed by atoms with E-state index in [1.165, 1.54) is 0 Å². The molecule has 0 aromatic carbocycles. The Labute approximate surface area is 96.4 Å². The first-order chi connectivity index (χ1) is 7.70. The van der Waals surface area contributed by atoms with Crippen molar-refractivity contribution in [1.29, 1.82) is 0 Å². The van der Waals surface area contributed by atoms with Gasteiger partial charge in [-0.2, -0.15) is 21.6 Å². The maximum absolute atomic E-state index is 13.3. The van der Waals surface area contributed by atoms with E-state index < -0.39 is 32.4 Å². The molecule has 3 nitrogen and oxygen atoms in total. The van der Waals surface area contributed by atoms with Crippen molar-refractivity contribution < 1.29 is 25.8 Å². The summed E-state index contributed by atoms with van der Waals surface area (Å²) in [6.07, 6.45) is -5.01. The summed E-state index contributed by atoms with van der Waals surface area (Å²) >= 11 is 0. The zero-order valence-corrected chi connectivity index (χ0v) is 9.81. The van der Waals surface area contributed by atoms with Crippen molar-refractivity contribution in [3.63, 3.8) is 0 Å². The van der Waals surface area contributed by atoms with E-state index in [1.54, 1.807) is 0 Å². The minimum Gasteiger partial charge on any atom is -0.269 e. The third-order valence-electron chi connectivity index (χ3n) is 5.76. The van der Waals surface area contributed by atoms with Crippen LogP contribution in [0.1, 0.15) is 13.3 Å². The Bertz CT molecular complexity index is 527. The van der Waals surface area contributed by atoms with E-state index in [-0.39, 0.29) is 30.8 Å². The van der Waals surface area contributed by atoms with Gasteiger partial charge in [-0.25, -0.2) is 0 Å². The van der Waals surface area contributed by atoms with Gasteiger partial charge in [0.15, 0.2) is 4.75 Å². The number of hydrogen-bond acceptors (Lipinski definition) is 3. The second-order valence-electron chi connectivity index (χ2n) is 5.89. The molecule has 4 fully saturated rings. The summed E-state index contributed by atoms with van der Waals surface area (Å²) in [4.78, 5) is 0. The fourth-order valence-corrected chi connectivity index (χ4v) is 7.12. The topological polar surface area (TPSA) is 43.4 Å². The predicted octanol–water partition coefficient (Wildman–Crippen LogP) is 1.55. The van der Waals surface area contributed by atoms with Crippen molar-refractivity contribution in [2.24, 2.45) is 29.1 Å². The van der Waals surface area contributed by atoms with Gasteiger partial charge in [-0.15, -0.1) is 0 Å². The molecule has 0 radical (unpaired) electrons. The summed E-state index contributed by atoms with van der Waals surface area (Å²) in [5.41, 5.74) is -0.458. The minimum absolute atomic E-state index is 0.0303. The van der Waals surface area contributed by atoms with Gasteiger partial charge >= 0.3 is 6.18 Å². The highest BCUT2D eigenvalue weighted by molar-refractivity contribution is 7.88. The van der Waals surface area contributed by atoms with Crippen molar-refractivity contribution >= 4 is 10.1 Å². The highest BCUT2D eigenvalue weighted by atomic mass is 32.2. The summed E-state index contributed by atoms with van der Waals surface area (Å²) in [6, 6.07) is 0. The van der Waals surface area contributed by atoms with Gasteiger partial charge in [-0.1, -0.05) is 6.92 Å². The van der Waals surface area contributed by atoms with Gasteiger partial charge in [0.2, 0.25) is 0 Å². The van der Waals surface area contributed by atoms with Crippen molar-refractivity contribution in [1.82, 2.24) is 0 Å². The van der Waals surface area contributed by atoms with E-state index in [9.17, 15) is 21.6 Å². The Morgan fingerprint density at radius 2 is 2.00 bits per heavy atom. The van der Waals surface area contributed by atoms with E-state index in [1.807, 2.05) is 6.92 Å². The van der Waals surface area contributed by atoms with Gasteiger partial charge in [0.1, 0.15) is 0 Å². The van der Waals surface area contributed by atoms with E-state index in [0.29, 0.717) is 0 Å². The maximum Gasteiger partial charge on any atom is 0.410 e. The lowest BCUT2D eigenvalue weighted by Gasteiger charge is -2.42. The lowest BCUT2D eigenvalue weighted by Crippen LogP contribution is -2.56. The summed E-state index contributed by atoms with van der Waals surface area (Å²) < 4.78 is 65.3. The molecule has 4 rings (SSSR count). The number of alkyl halides is 3. The molecule has 0 N–H and O–H groups in total. The quantitative estimate of drug-likeness (QED) is 0.626. The molecule has 3 saturated carbocycles. The van der Waals surface area contributed by atoms with Crippen LogP contribution >= 0.6 is 0 Å². The first-order valence-corrected chi connectivity index (χ1v) is 7.07. The van der Waals surface area contributed by atoms with Crippen molar-refractivity contribution in [3.05, 3.63) is 0 Å². The Morgan fingerprint density at radius 3 is 2.53 bits per heavy atom. The lowest BCUT2D eigenvalue weighted by molar-refractivity contribution is -0.174. The third kappa shape index (κ3) is 0.726. The molecule has 0 amide bonds. The second-order valence-corrected chi connectivity index (χ2v) is 7.76. The van der Waals surface area contributed by atoms with Crippen LogP contribution in [0.5, 0.6) is 0 Å². The Morgan fingerprint density at radius 1 is 1.35 bits per heavy atom. The molecule has 1 aliphatic heterocycles. The van der Waals surface area contributed by atoms with Crippen LogP contribution in [0.4, 0.5) is 13.2 Å². The highest BCUT2D eigenvalue weighted by Gasteiger charge is 2.97. The van der Waals surface area contributed by atoms with Crippen LogP contribution < -0.4 is 0 Å². The van der Waals surface area contributed by atoms with Gasteiger partial charge < -0.3 is 0 Å². The fraction of sp³-hybridized carbons (Fsp3) is 1.00. The molecule has 0 aromatic heterocycles. The Kier molecular flexibility index (Phi) is 1.41. The van der Waals surface area contributed by atoms with Gasteiger partial charge in [0.05, 0.1) is 6.61 Å². The molecule has 3 aliphatic carbocycles. The standard InChI is InChI=1S/C10H11F3O3S/c1-4-5-2-9(10(11,12)13)7-6(4)8(5,7)3-16-17(9,14)15/h4-7H,2-3H2,1H3. The molecule has 1 saturated heterocycles. The van der Waals surface area contributed by atoms with Gasteiger partial charge in [-0.3, -0.25) is 4.18 Å². The SMILES string of the molecule is CC1C2CC3(C(F)(F)F)C4C1C24COS3(=O)=O. The van der Waals surface area contributed by atoms with Gasteiger partial charge in [-0.05, 0) is 24.2 Å². The van der Waals surface area contributed by atoms with E-state index >= 15 is 0 Å². The largest absolute Gasteiger partial charge is 0.410 e. The molecule has 4 aliphatic rings. The van der Waals surface area contributed by atoms with E-state index in [0.717, 1.165) is 0 Å². The molecular formula is C10H11F3O3S. The molecule has 2 bridgehead atoms. The molecule has 1 spiro atoms. The predicted molar refractivity (Wildman–Crippen MR) is 50.3 cm³/mol. The number of halogens is 3. The van der Waals surface area contributed by atoms with Crippen molar-refractivity contribution in [2.75, 3.05) is 6.61 Å². The summed E-state index contributed by atoms with van der Waals surface area (Å²) in [6.45, 7) is 1.89. The molecule has 6 atom stereocenters. The summed E-state index contributed by atoms with van der Waals surface area (Å²) in [5.74, 6) is -0.752. The van der Waals surface area contributed by atoms with Crippen LogP contribution in [0, 0.1) is 29.1 Å². The molecular weight excluding hydrogens is 257 g/mol. The highest BCUT2D eigenvalue weighted by Crippen LogP contribution is 2.91. The first-order valence-electron chi connectivity index (χ1n) is 5.66. The minimum atomic E-state index is -4.72. The van der Waals surface area contributed by atoms with Gasteiger partial charge in [0.25, 0.3) is 10.1 Å². The third-order valence-corrected chi connectivity index (χ3v) is 7.73. The zero-order valence-electron chi connectivity index (χ0n) is 8.99. The van der Waals surface area contributed by atoms with E-state index in [4.69, 9.17) is 0 Å². The fourth-order valence-electron chi connectivity index (χ4n) is 5.20. The first kappa shape index (κ1) is 10.6. The molecule has 7 heteroatoms. The van der Waals surface area contributed by atoms with E-state index in [2.05, 4.69) is 4.18 Å². The van der Waals surface area contributed by atoms with Gasteiger partial charge in [0, 0.05) is 11.3 Å². The molecule has 17 heavy (non-hydrogen) atoms. The van der Waals surface area contributed by atoms with Crippen molar-refractivity contribution in [3.8, 4) is 0 Å². The zero-order chi connectivity index (χ0) is 12.4. The van der Waals surface area contributed by atoms with Crippen LogP contribution in [0.3, 0.4) is 0 Å². The summed E-state index contributed by atoms with van der Waals surface area (Å²) in [7, 11) is -4.51.